The van der Waals surface area contributed by atoms with E-state index in [0.29, 0.717) is 24.3 Å². The van der Waals surface area contributed by atoms with Crippen LogP contribution in [0.3, 0.4) is 0 Å². The summed E-state index contributed by atoms with van der Waals surface area (Å²) in [5.74, 6) is 0.0316. The van der Waals surface area contributed by atoms with E-state index in [1.807, 2.05) is 11.8 Å². The lowest BCUT2D eigenvalue weighted by molar-refractivity contribution is 0.0793. The molecule has 3 N–H and O–H groups in total. The number of nitrogens with zero attached hydrogens (tertiary/aromatic N) is 1. The molecule has 7 heteroatoms. The number of urea groups is 1. The monoisotopic (exact) mass is 349 g/mol. The van der Waals surface area contributed by atoms with E-state index in [9.17, 15) is 9.59 Å². The number of carbonyl (C=O) groups excluding carboxylic acids is 2. The van der Waals surface area contributed by atoms with Crippen molar-refractivity contribution < 1.29 is 19.4 Å². The third-order valence-electron chi connectivity index (χ3n) is 4.32. The number of benzene rings is 1. The Bertz CT molecular complexity index is 576. The number of aliphatic hydroxyl groups is 1. The van der Waals surface area contributed by atoms with Gasteiger partial charge in [0.15, 0.2) is 0 Å². The van der Waals surface area contributed by atoms with Crippen molar-refractivity contribution in [1.29, 1.82) is 0 Å². The molecule has 1 aliphatic rings. The molecule has 3 amide bonds. The average Bonchev–Trinajstić information content (AvgIpc) is 3.09. The molecule has 0 bridgehead atoms. The van der Waals surface area contributed by atoms with Gasteiger partial charge in [-0.05, 0) is 50.5 Å². The first-order chi connectivity index (χ1) is 12.0. The minimum atomic E-state index is -0.654. The van der Waals surface area contributed by atoms with E-state index in [4.69, 9.17) is 9.84 Å². The molecule has 7 nitrogen and oxygen atoms in total. The standard InChI is InChI=1S/C18H27N3O4/c1-18(9-12-22,13-25-2)20-17(24)19-15-7-5-14(6-8-15)16(23)21-10-3-4-11-21/h5-8,22H,3-4,9-13H2,1-2H3,(H2,19,20,24). The van der Waals surface area contributed by atoms with Crippen LogP contribution in [0.15, 0.2) is 24.3 Å². The summed E-state index contributed by atoms with van der Waals surface area (Å²) in [6, 6.07) is 6.48. The van der Waals surface area contributed by atoms with E-state index < -0.39 is 5.54 Å². The zero-order chi connectivity index (χ0) is 18.3. The van der Waals surface area contributed by atoms with Gasteiger partial charge in [-0.1, -0.05) is 0 Å². The summed E-state index contributed by atoms with van der Waals surface area (Å²) in [6.07, 6.45) is 2.50. The van der Waals surface area contributed by atoms with Crippen LogP contribution in [-0.4, -0.2) is 60.9 Å². The normalized spacial score (nSPS) is 16.4. The first kappa shape index (κ1) is 19.2. The van der Waals surface area contributed by atoms with Crippen molar-refractivity contribution in [3.8, 4) is 0 Å². The number of carbonyl (C=O) groups is 2. The Kier molecular flexibility index (Phi) is 6.78. The minimum absolute atomic E-state index is 0.0316. The Hall–Kier alpha value is -2.12. The van der Waals surface area contributed by atoms with Crippen molar-refractivity contribution in [2.24, 2.45) is 0 Å². The largest absolute Gasteiger partial charge is 0.396 e. The van der Waals surface area contributed by atoms with Gasteiger partial charge >= 0.3 is 6.03 Å². The molecule has 1 aliphatic heterocycles. The van der Waals surface area contributed by atoms with Crippen LogP contribution >= 0.6 is 0 Å². The molecule has 0 spiro atoms. The van der Waals surface area contributed by atoms with Crippen LogP contribution in [0.25, 0.3) is 0 Å². The molecule has 1 heterocycles. The highest BCUT2D eigenvalue weighted by atomic mass is 16.5. The van der Waals surface area contributed by atoms with Crippen LogP contribution < -0.4 is 10.6 Å². The predicted molar refractivity (Wildman–Crippen MR) is 95.7 cm³/mol. The second kappa shape index (κ2) is 8.82. The molecule has 1 unspecified atom stereocenters. The van der Waals surface area contributed by atoms with Gasteiger partial charge in [-0.15, -0.1) is 0 Å². The van der Waals surface area contributed by atoms with Gasteiger partial charge in [0.25, 0.3) is 5.91 Å². The molecule has 1 atom stereocenters. The fourth-order valence-corrected chi connectivity index (χ4v) is 2.97. The van der Waals surface area contributed by atoms with Crippen LogP contribution in [0.1, 0.15) is 36.5 Å². The van der Waals surface area contributed by atoms with Gasteiger partial charge < -0.3 is 25.4 Å². The third kappa shape index (κ3) is 5.44. The zero-order valence-corrected chi connectivity index (χ0v) is 14.9. The molecule has 0 aliphatic carbocycles. The SMILES string of the molecule is COCC(C)(CCO)NC(=O)Nc1ccc(C(=O)N2CCCC2)cc1. The summed E-state index contributed by atoms with van der Waals surface area (Å²) >= 11 is 0. The maximum atomic E-state index is 12.3. The molecule has 2 rings (SSSR count). The van der Waals surface area contributed by atoms with E-state index in [1.165, 1.54) is 0 Å². The molecular weight excluding hydrogens is 322 g/mol. The molecule has 1 aromatic carbocycles. The molecule has 0 radical (unpaired) electrons. The molecular formula is C18H27N3O4. The quantitative estimate of drug-likeness (QED) is 0.700. The summed E-state index contributed by atoms with van der Waals surface area (Å²) in [6.45, 7) is 3.68. The van der Waals surface area contributed by atoms with Gasteiger partial charge in [-0.25, -0.2) is 4.79 Å². The van der Waals surface area contributed by atoms with Crippen molar-refractivity contribution in [1.82, 2.24) is 10.2 Å². The molecule has 1 fully saturated rings. The van der Waals surface area contributed by atoms with Gasteiger partial charge in [0.1, 0.15) is 0 Å². The number of nitrogens with one attached hydrogen (secondary N) is 2. The summed E-state index contributed by atoms with van der Waals surface area (Å²) in [5, 5.41) is 14.7. The van der Waals surface area contributed by atoms with Crippen molar-refractivity contribution >= 4 is 17.6 Å². The first-order valence-corrected chi connectivity index (χ1v) is 8.56. The van der Waals surface area contributed by atoms with E-state index in [2.05, 4.69) is 10.6 Å². The molecule has 1 aromatic rings. The fourth-order valence-electron chi connectivity index (χ4n) is 2.97. The zero-order valence-electron chi connectivity index (χ0n) is 14.9. The summed E-state index contributed by atoms with van der Waals surface area (Å²) in [7, 11) is 1.55. The Morgan fingerprint density at radius 1 is 1.24 bits per heavy atom. The lowest BCUT2D eigenvalue weighted by atomic mass is 10.00. The minimum Gasteiger partial charge on any atom is -0.396 e. The van der Waals surface area contributed by atoms with Crippen molar-refractivity contribution in [2.75, 3.05) is 38.7 Å². The van der Waals surface area contributed by atoms with Crippen LogP contribution in [0, 0.1) is 0 Å². The van der Waals surface area contributed by atoms with Crippen LogP contribution in [0.4, 0.5) is 10.5 Å². The van der Waals surface area contributed by atoms with Crippen molar-refractivity contribution in [2.45, 2.75) is 31.7 Å². The predicted octanol–water partition coefficient (Wildman–Crippen LogP) is 1.83. The van der Waals surface area contributed by atoms with E-state index in [-0.39, 0.29) is 18.5 Å². The van der Waals surface area contributed by atoms with Crippen LogP contribution in [-0.2, 0) is 4.74 Å². The number of likely N-dealkylation sites (tertiary alicyclic amines) is 1. The number of hydrogen-bond donors (Lipinski definition) is 3. The highest BCUT2D eigenvalue weighted by molar-refractivity contribution is 5.95. The lowest BCUT2D eigenvalue weighted by Crippen LogP contribution is -2.51. The van der Waals surface area contributed by atoms with E-state index in [0.717, 1.165) is 25.9 Å². The maximum absolute atomic E-state index is 12.3. The molecule has 0 aromatic heterocycles. The summed E-state index contributed by atoms with van der Waals surface area (Å²) in [5.41, 5.74) is 0.566. The highest BCUT2D eigenvalue weighted by Crippen LogP contribution is 2.16. The highest BCUT2D eigenvalue weighted by Gasteiger charge is 2.26. The smallest absolute Gasteiger partial charge is 0.319 e. The molecule has 25 heavy (non-hydrogen) atoms. The number of rotatable bonds is 7. The van der Waals surface area contributed by atoms with Crippen molar-refractivity contribution in [3.63, 3.8) is 0 Å². The average molecular weight is 349 g/mol. The Morgan fingerprint density at radius 3 is 2.44 bits per heavy atom. The van der Waals surface area contributed by atoms with Gasteiger partial charge in [-0.3, -0.25) is 4.79 Å². The van der Waals surface area contributed by atoms with Crippen LogP contribution in [0.2, 0.25) is 0 Å². The van der Waals surface area contributed by atoms with E-state index in [1.54, 1.807) is 31.4 Å². The fraction of sp³-hybridized carbons (Fsp3) is 0.556. The number of aliphatic hydroxyl groups excluding tert-OH is 1. The molecule has 0 saturated carbocycles. The Balaban J connectivity index is 1.93. The molecule has 1 saturated heterocycles. The summed E-state index contributed by atoms with van der Waals surface area (Å²) in [4.78, 5) is 26.3. The number of hydrogen-bond acceptors (Lipinski definition) is 4. The molecule has 138 valence electrons. The number of ether oxygens (including phenoxy) is 1. The number of amides is 3. The van der Waals surface area contributed by atoms with Gasteiger partial charge in [0.05, 0.1) is 12.1 Å². The number of methoxy groups -OCH3 is 1. The summed E-state index contributed by atoms with van der Waals surface area (Å²) < 4.78 is 5.11. The number of anilines is 1. The second-order valence-electron chi connectivity index (χ2n) is 6.62. The first-order valence-electron chi connectivity index (χ1n) is 8.56. The third-order valence-corrected chi connectivity index (χ3v) is 4.32. The van der Waals surface area contributed by atoms with Gasteiger partial charge in [-0.2, -0.15) is 0 Å². The second-order valence-corrected chi connectivity index (χ2v) is 6.62. The maximum Gasteiger partial charge on any atom is 0.319 e. The Morgan fingerprint density at radius 2 is 1.88 bits per heavy atom. The lowest BCUT2D eigenvalue weighted by Gasteiger charge is -2.29. The topological polar surface area (TPSA) is 90.9 Å². The van der Waals surface area contributed by atoms with Gasteiger partial charge in [0.2, 0.25) is 0 Å². The van der Waals surface area contributed by atoms with Crippen LogP contribution in [0.5, 0.6) is 0 Å². The van der Waals surface area contributed by atoms with Gasteiger partial charge in [0, 0.05) is 38.1 Å². The Labute approximate surface area is 148 Å². The van der Waals surface area contributed by atoms with Crippen molar-refractivity contribution in [3.05, 3.63) is 29.8 Å². The van der Waals surface area contributed by atoms with E-state index >= 15 is 0 Å².